The van der Waals surface area contributed by atoms with Crippen LogP contribution >= 0.6 is 0 Å². The number of ether oxygens (including phenoxy) is 1. The number of hydrogen-bond donors (Lipinski definition) is 1. The van der Waals surface area contributed by atoms with Crippen LogP contribution in [-0.2, 0) is 4.74 Å². The minimum Gasteiger partial charge on any atom is -0.380 e. The standard InChI is InChI=1S/C16H24N2O/c1-18(8-9-19-11-12-6-7-12)16-10-15(17)13-4-2-3-5-14(13)16/h2-5,12,15-16H,6-11,17H2,1H3. The van der Waals surface area contributed by atoms with E-state index < -0.39 is 0 Å². The van der Waals surface area contributed by atoms with Gasteiger partial charge in [-0.2, -0.15) is 0 Å². The molecule has 0 bridgehead atoms. The number of nitrogens with two attached hydrogens (primary N) is 1. The average molecular weight is 260 g/mol. The quantitative estimate of drug-likeness (QED) is 0.799. The van der Waals surface area contributed by atoms with Crippen LogP contribution in [-0.4, -0.2) is 31.7 Å². The molecule has 3 heteroatoms. The van der Waals surface area contributed by atoms with Gasteiger partial charge in [0, 0.05) is 25.2 Å². The van der Waals surface area contributed by atoms with Crippen LogP contribution < -0.4 is 5.73 Å². The monoisotopic (exact) mass is 260 g/mol. The molecule has 0 aliphatic heterocycles. The van der Waals surface area contributed by atoms with Gasteiger partial charge in [-0.25, -0.2) is 0 Å². The molecule has 3 nitrogen and oxygen atoms in total. The van der Waals surface area contributed by atoms with Crippen LogP contribution in [0.3, 0.4) is 0 Å². The largest absolute Gasteiger partial charge is 0.380 e. The third-order valence-corrected chi connectivity index (χ3v) is 4.40. The molecular weight excluding hydrogens is 236 g/mol. The van der Waals surface area contributed by atoms with Crippen LogP contribution in [0.2, 0.25) is 0 Å². The second kappa shape index (κ2) is 5.61. The fourth-order valence-corrected chi connectivity index (χ4v) is 2.96. The van der Waals surface area contributed by atoms with Gasteiger partial charge in [-0.15, -0.1) is 0 Å². The Hall–Kier alpha value is -0.900. The second-order valence-corrected chi connectivity index (χ2v) is 5.99. The topological polar surface area (TPSA) is 38.5 Å². The van der Waals surface area contributed by atoms with E-state index in [1.165, 1.54) is 24.0 Å². The highest BCUT2D eigenvalue weighted by Crippen LogP contribution is 2.40. The Morgan fingerprint density at radius 2 is 2.00 bits per heavy atom. The van der Waals surface area contributed by atoms with Crippen LogP contribution in [0.15, 0.2) is 24.3 Å². The van der Waals surface area contributed by atoms with Gasteiger partial charge in [0.25, 0.3) is 0 Å². The molecule has 2 N–H and O–H groups in total. The fourth-order valence-electron chi connectivity index (χ4n) is 2.96. The molecule has 2 aliphatic carbocycles. The summed E-state index contributed by atoms with van der Waals surface area (Å²) in [6.07, 6.45) is 3.75. The summed E-state index contributed by atoms with van der Waals surface area (Å²) >= 11 is 0. The van der Waals surface area contributed by atoms with E-state index in [-0.39, 0.29) is 6.04 Å². The number of nitrogens with zero attached hydrogens (tertiary/aromatic N) is 1. The number of hydrogen-bond acceptors (Lipinski definition) is 3. The van der Waals surface area contributed by atoms with Gasteiger partial charge in [-0.05, 0) is 43.4 Å². The first-order valence-corrected chi connectivity index (χ1v) is 7.38. The van der Waals surface area contributed by atoms with Crippen molar-refractivity contribution < 1.29 is 4.74 Å². The molecule has 0 radical (unpaired) electrons. The van der Waals surface area contributed by atoms with Gasteiger partial charge in [0.2, 0.25) is 0 Å². The SMILES string of the molecule is CN(CCOCC1CC1)C1CC(N)c2ccccc21. The van der Waals surface area contributed by atoms with Crippen molar-refractivity contribution in [3.05, 3.63) is 35.4 Å². The predicted octanol–water partition coefficient (Wildman–Crippen LogP) is 2.49. The molecule has 1 saturated carbocycles. The van der Waals surface area contributed by atoms with E-state index in [0.29, 0.717) is 6.04 Å². The molecule has 0 aromatic heterocycles. The van der Waals surface area contributed by atoms with Gasteiger partial charge in [-0.3, -0.25) is 4.90 Å². The van der Waals surface area contributed by atoms with Gasteiger partial charge >= 0.3 is 0 Å². The van der Waals surface area contributed by atoms with Crippen LogP contribution in [0.25, 0.3) is 0 Å². The third kappa shape index (κ3) is 2.99. The lowest BCUT2D eigenvalue weighted by molar-refractivity contribution is 0.0905. The van der Waals surface area contributed by atoms with Crippen molar-refractivity contribution in [3.63, 3.8) is 0 Å². The van der Waals surface area contributed by atoms with E-state index in [1.807, 2.05) is 0 Å². The summed E-state index contributed by atoms with van der Waals surface area (Å²) in [7, 11) is 2.18. The molecule has 1 fully saturated rings. The highest BCUT2D eigenvalue weighted by molar-refractivity contribution is 5.37. The van der Waals surface area contributed by atoms with Crippen LogP contribution in [0.5, 0.6) is 0 Å². The molecule has 0 amide bonds. The number of rotatable bonds is 6. The first-order chi connectivity index (χ1) is 9.25. The van der Waals surface area contributed by atoms with E-state index in [9.17, 15) is 0 Å². The lowest BCUT2D eigenvalue weighted by Gasteiger charge is -2.25. The fraction of sp³-hybridized carbons (Fsp3) is 0.625. The average Bonchev–Trinajstić information content (AvgIpc) is 3.19. The molecule has 2 atom stereocenters. The Morgan fingerprint density at radius 1 is 1.26 bits per heavy atom. The first kappa shape index (κ1) is 13.1. The maximum atomic E-state index is 6.22. The van der Waals surface area contributed by atoms with Crippen LogP contribution in [0.4, 0.5) is 0 Å². The molecule has 104 valence electrons. The minimum absolute atomic E-state index is 0.191. The van der Waals surface area contributed by atoms with Gasteiger partial charge in [0.15, 0.2) is 0 Å². The predicted molar refractivity (Wildman–Crippen MR) is 76.9 cm³/mol. The number of likely N-dealkylation sites (N-methyl/N-ethyl adjacent to an activating group) is 1. The van der Waals surface area contributed by atoms with Gasteiger partial charge in [0.05, 0.1) is 6.61 Å². The smallest absolute Gasteiger partial charge is 0.0593 e. The van der Waals surface area contributed by atoms with E-state index in [0.717, 1.165) is 32.1 Å². The van der Waals surface area contributed by atoms with E-state index >= 15 is 0 Å². The number of fused-ring (bicyclic) bond motifs is 1. The second-order valence-electron chi connectivity index (χ2n) is 5.99. The van der Waals surface area contributed by atoms with Gasteiger partial charge in [-0.1, -0.05) is 24.3 Å². The minimum atomic E-state index is 0.191. The molecule has 0 heterocycles. The molecule has 1 aromatic carbocycles. The van der Waals surface area contributed by atoms with Crippen LogP contribution in [0, 0.1) is 5.92 Å². The Balaban J connectivity index is 1.53. The van der Waals surface area contributed by atoms with Crippen molar-refractivity contribution >= 4 is 0 Å². The maximum absolute atomic E-state index is 6.22. The normalized spacial score (nSPS) is 25.8. The van der Waals surface area contributed by atoms with Crippen molar-refractivity contribution in [3.8, 4) is 0 Å². The third-order valence-electron chi connectivity index (χ3n) is 4.40. The van der Waals surface area contributed by atoms with Gasteiger partial charge < -0.3 is 10.5 Å². The summed E-state index contributed by atoms with van der Waals surface area (Å²) in [4.78, 5) is 2.39. The maximum Gasteiger partial charge on any atom is 0.0593 e. The van der Waals surface area contributed by atoms with E-state index in [1.54, 1.807) is 0 Å². The molecular formula is C16H24N2O. The van der Waals surface area contributed by atoms with E-state index in [4.69, 9.17) is 10.5 Å². The summed E-state index contributed by atoms with van der Waals surface area (Å²) in [5.74, 6) is 0.853. The molecule has 2 aliphatic rings. The zero-order chi connectivity index (χ0) is 13.2. The van der Waals surface area contributed by atoms with Crippen molar-refractivity contribution in [2.24, 2.45) is 11.7 Å². The summed E-state index contributed by atoms with van der Waals surface area (Å²) in [6.45, 7) is 2.77. The van der Waals surface area contributed by atoms with Crippen molar-refractivity contribution in [2.75, 3.05) is 26.8 Å². The summed E-state index contributed by atoms with van der Waals surface area (Å²) in [5, 5.41) is 0. The number of benzene rings is 1. The lowest BCUT2D eigenvalue weighted by atomic mass is 10.1. The zero-order valence-electron chi connectivity index (χ0n) is 11.7. The highest BCUT2D eigenvalue weighted by Gasteiger charge is 2.30. The molecule has 3 rings (SSSR count). The highest BCUT2D eigenvalue weighted by atomic mass is 16.5. The van der Waals surface area contributed by atoms with Gasteiger partial charge in [0.1, 0.15) is 0 Å². The van der Waals surface area contributed by atoms with Crippen molar-refractivity contribution in [1.82, 2.24) is 4.90 Å². The molecule has 0 saturated heterocycles. The Labute approximate surface area is 115 Å². The summed E-state index contributed by atoms with van der Waals surface area (Å²) < 4.78 is 5.73. The van der Waals surface area contributed by atoms with Crippen molar-refractivity contribution in [1.29, 1.82) is 0 Å². The summed E-state index contributed by atoms with van der Waals surface area (Å²) in [5.41, 5.74) is 8.94. The Bertz CT molecular complexity index is 431. The zero-order valence-corrected chi connectivity index (χ0v) is 11.7. The molecule has 1 aromatic rings. The molecule has 0 spiro atoms. The summed E-state index contributed by atoms with van der Waals surface area (Å²) in [6, 6.07) is 9.22. The Morgan fingerprint density at radius 3 is 2.74 bits per heavy atom. The molecule has 2 unspecified atom stereocenters. The lowest BCUT2D eigenvalue weighted by Crippen LogP contribution is -2.27. The first-order valence-electron chi connectivity index (χ1n) is 7.38. The van der Waals surface area contributed by atoms with E-state index in [2.05, 4.69) is 36.2 Å². The van der Waals surface area contributed by atoms with Crippen molar-refractivity contribution in [2.45, 2.75) is 31.3 Å². The Kier molecular flexibility index (Phi) is 3.87. The molecule has 19 heavy (non-hydrogen) atoms. The van der Waals surface area contributed by atoms with Crippen LogP contribution in [0.1, 0.15) is 42.5 Å².